The largest absolute Gasteiger partial charge is 0.449 e. The summed E-state index contributed by atoms with van der Waals surface area (Å²) < 4.78 is 10.4. The molecular weight excluding hydrogens is 242 g/mol. The summed E-state index contributed by atoms with van der Waals surface area (Å²) in [5, 5.41) is 0. The lowest BCUT2D eigenvalue weighted by Gasteiger charge is -2.06. The monoisotopic (exact) mass is 253 g/mol. The van der Waals surface area contributed by atoms with Crippen LogP contribution in [-0.2, 0) is 4.74 Å². The van der Waals surface area contributed by atoms with Gasteiger partial charge in [0.2, 0.25) is 5.88 Å². The molecule has 0 aliphatic rings. The second kappa shape index (κ2) is 6.22. The summed E-state index contributed by atoms with van der Waals surface area (Å²) in [6.07, 6.45) is 6.65. The minimum Gasteiger partial charge on any atom is -0.449 e. The highest BCUT2D eigenvalue weighted by Gasteiger charge is 2.08. The van der Waals surface area contributed by atoms with Crippen LogP contribution in [0.1, 0.15) is 10.4 Å². The number of rotatable bonds is 4. The SMILES string of the molecule is C#CCOC(=O)c1cccc(Oc2ccccn2)c1. The van der Waals surface area contributed by atoms with E-state index in [-0.39, 0.29) is 6.61 Å². The van der Waals surface area contributed by atoms with Gasteiger partial charge in [0.05, 0.1) is 5.56 Å². The van der Waals surface area contributed by atoms with Crippen molar-refractivity contribution in [1.29, 1.82) is 0 Å². The third-order valence-electron chi connectivity index (χ3n) is 2.22. The van der Waals surface area contributed by atoms with Gasteiger partial charge in [-0.2, -0.15) is 0 Å². The lowest BCUT2D eigenvalue weighted by Crippen LogP contribution is -2.05. The molecule has 0 radical (unpaired) electrons. The molecule has 2 aromatic rings. The van der Waals surface area contributed by atoms with Crippen LogP contribution in [-0.4, -0.2) is 17.6 Å². The molecule has 0 N–H and O–H groups in total. The molecule has 1 aromatic heterocycles. The fourth-order valence-corrected chi connectivity index (χ4v) is 1.41. The van der Waals surface area contributed by atoms with Gasteiger partial charge in [-0.15, -0.1) is 6.42 Å². The van der Waals surface area contributed by atoms with E-state index in [1.165, 1.54) is 0 Å². The summed E-state index contributed by atoms with van der Waals surface area (Å²) in [5.74, 6) is 2.72. The Kier molecular flexibility index (Phi) is 4.14. The summed E-state index contributed by atoms with van der Waals surface area (Å²) in [6.45, 7) is -0.0514. The third kappa shape index (κ3) is 3.58. The van der Waals surface area contributed by atoms with E-state index in [4.69, 9.17) is 15.9 Å². The molecule has 0 aliphatic carbocycles. The molecule has 1 aromatic carbocycles. The number of carbonyl (C=O) groups is 1. The van der Waals surface area contributed by atoms with E-state index in [0.717, 1.165) is 0 Å². The lowest BCUT2D eigenvalue weighted by atomic mass is 10.2. The fraction of sp³-hybridized carbons (Fsp3) is 0.0667. The van der Waals surface area contributed by atoms with Gasteiger partial charge >= 0.3 is 5.97 Å². The molecule has 19 heavy (non-hydrogen) atoms. The van der Waals surface area contributed by atoms with Crippen LogP contribution in [0.15, 0.2) is 48.7 Å². The third-order valence-corrected chi connectivity index (χ3v) is 2.22. The van der Waals surface area contributed by atoms with Gasteiger partial charge in [0, 0.05) is 12.3 Å². The number of nitrogens with zero attached hydrogens (tertiary/aromatic N) is 1. The van der Waals surface area contributed by atoms with E-state index in [0.29, 0.717) is 17.2 Å². The first-order valence-corrected chi connectivity index (χ1v) is 5.59. The van der Waals surface area contributed by atoms with Gasteiger partial charge < -0.3 is 9.47 Å². The van der Waals surface area contributed by atoms with Crippen molar-refractivity contribution in [3.8, 4) is 24.0 Å². The number of aromatic nitrogens is 1. The van der Waals surface area contributed by atoms with E-state index >= 15 is 0 Å². The summed E-state index contributed by atoms with van der Waals surface area (Å²) in [7, 11) is 0. The maximum absolute atomic E-state index is 11.6. The molecule has 0 saturated carbocycles. The highest BCUT2D eigenvalue weighted by atomic mass is 16.5. The molecule has 0 saturated heterocycles. The number of esters is 1. The van der Waals surface area contributed by atoms with Gasteiger partial charge in [0.15, 0.2) is 6.61 Å². The van der Waals surface area contributed by atoms with E-state index in [1.807, 2.05) is 6.07 Å². The minimum atomic E-state index is -0.482. The van der Waals surface area contributed by atoms with Crippen LogP contribution in [0.3, 0.4) is 0 Å². The van der Waals surface area contributed by atoms with Gasteiger partial charge in [0.25, 0.3) is 0 Å². The van der Waals surface area contributed by atoms with Crippen LogP contribution < -0.4 is 4.74 Å². The second-order valence-electron chi connectivity index (χ2n) is 3.58. The van der Waals surface area contributed by atoms with Crippen molar-refractivity contribution in [2.24, 2.45) is 0 Å². The Morgan fingerprint density at radius 2 is 2.16 bits per heavy atom. The van der Waals surface area contributed by atoms with E-state index in [2.05, 4.69) is 10.9 Å². The predicted octanol–water partition coefficient (Wildman–Crippen LogP) is 2.66. The van der Waals surface area contributed by atoms with Crippen LogP contribution in [0, 0.1) is 12.3 Å². The van der Waals surface area contributed by atoms with Gasteiger partial charge in [-0.1, -0.05) is 18.1 Å². The normalized spacial score (nSPS) is 9.42. The average Bonchev–Trinajstić information content (AvgIpc) is 2.46. The quantitative estimate of drug-likeness (QED) is 0.621. The summed E-state index contributed by atoms with van der Waals surface area (Å²) in [4.78, 5) is 15.7. The Balaban J connectivity index is 2.11. The van der Waals surface area contributed by atoms with E-state index in [9.17, 15) is 4.79 Å². The molecule has 0 fully saturated rings. The molecule has 2 rings (SSSR count). The Morgan fingerprint density at radius 1 is 1.26 bits per heavy atom. The van der Waals surface area contributed by atoms with Crippen molar-refractivity contribution >= 4 is 5.97 Å². The standard InChI is InChI=1S/C15H11NO3/c1-2-10-18-15(17)12-6-5-7-13(11-12)19-14-8-3-4-9-16-14/h1,3-9,11H,10H2. The molecule has 94 valence electrons. The van der Waals surface area contributed by atoms with Crippen LogP contribution in [0.2, 0.25) is 0 Å². The molecule has 0 amide bonds. The van der Waals surface area contributed by atoms with Crippen LogP contribution in [0.25, 0.3) is 0 Å². The van der Waals surface area contributed by atoms with Gasteiger partial charge in [-0.25, -0.2) is 9.78 Å². The van der Waals surface area contributed by atoms with Gasteiger partial charge in [-0.05, 0) is 24.3 Å². The molecule has 4 nitrogen and oxygen atoms in total. The smallest absolute Gasteiger partial charge is 0.339 e. The first-order chi connectivity index (χ1) is 9.29. The molecular formula is C15H11NO3. The molecule has 0 aliphatic heterocycles. The Hall–Kier alpha value is -2.80. The van der Waals surface area contributed by atoms with Crippen molar-refractivity contribution in [2.75, 3.05) is 6.61 Å². The molecule has 0 unspecified atom stereocenters. The minimum absolute atomic E-state index is 0.0514. The van der Waals surface area contributed by atoms with Crippen molar-refractivity contribution in [2.45, 2.75) is 0 Å². The number of hydrogen-bond donors (Lipinski definition) is 0. The zero-order chi connectivity index (χ0) is 13.5. The molecule has 0 bridgehead atoms. The Labute approximate surface area is 111 Å². The average molecular weight is 253 g/mol. The van der Waals surface area contributed by atoms with Crippen molar-refractivity contribution < 1.29 is 14.3 Å². The first kappa shape index (κ1) is 12.7. The maximum atomic E-state index is 11.6. The number of benzene rings is 1. The number of pyridine rings is 1. The number of ether oxygens (including phenoxy) is 2. The summed E-state index contributed by atoms with van der Waals surface area (Å²) in [5.41, 5.74) is 0.378. The highest BCUT2D eigenvalue weighted by Crippen LogP contribution is 2.20. The summed E-state index contributed by atoms with van der Waals surface area (Å²) in [6, 6.07) is 12.0. The first-order valence-electron chi connectivity index (χ1n) is 5.59. The molecule has 0 atom stereocenters. The fourth-order valence-electron chi connectivity index (χ4n) is 1.41. The van der Waals surface area contributed by atoms with Crippen LogP contribution >= 0.6 is 0 Å². The molecule has 4 heteroatoms. The van der Waals surface area contributed by atoms with Crippen molar-refractivity contribution in [1.82, 2.24) is 4.98 Å². The number of hydrogen-bond acceptors (Lipinski definition) is 4. The predicted molar refractivity (Wildman–Crippen MR) is 69.9 cm³/mol. The highest BCUT2D eigenvalue weighted by molar-refractivity contribution is 5.89. The van der Waals surface area contributed by atoms with Crippen molar-refractivity contribution in [3.63, 3.8) is 0 Å². The molecule has 0 spiro atoms. The van der Waals surface area contributed by atoms with Gasteiger partial charge in [-0.3, -0.25) is 0 Å². The zero-order valence-corrected chi connectivity index (χ0v) is 10.1. The lowest BCUT2D eigenvalue weighted by molar-refractivity contribution is 0.0556. The maximum Gasteiger partial charge on any atom is 0.339 e. The topological polar surface area (TPSA) is 48.4 Å². The summed E-state index contributed by atoms with van der Waals surface area (Å²) >= 11 is 0. The van der Waals surface area contributed by atoms with Crippen LogP contribution in [0.4, 0.5) is 0 Å². The Morgan fingerprint density at radius 3 is 2.89 bits per heavy atom. The van der Waals surface area contributed by atoms with Crippen LogP contribution in [0.5, 0.6) is 11.6 Å². The number of carbonyl (C=O) groups excluding carboxylic acids is 1. The van der Waals surface area contributed by atoms with Gasteiger partial charge in [0.1, 0.15) is 5.75 Å². The second-order valence-corrected chi connectivity index (χ2v) is 3.58. The molecule has 1 heterocycles. The number of terminal acetylenes is 1. The zero-order valence-electron chi connectivity index (χ0n) is 10.1. The van der Waals surface area contributed by atoms with E-state index in [1.54, 1.807) is 42.6 Å². The Bertz CT molecular complexity index is 602. The van der Waals surface area contributed by atoms with Crippen molar-refractivity contribution in [3.05, 3.63) is 54.2 Å². The van der Waals surface area contributed by atoms with E-state index < -0.39 is 5.97 Å².